The van der Waals surface area contributed by atoms with E-state index in [-0.39, 0.29) is 0 Å². The number of nitrogens with zero attached hydrogens (tertiary/aromatic N) is 3. The summed E-state index contributed by atoms with van der Waals surface area (Å²) in [7, 11) is 2.03. The molecule has 0 atom stereocenters. The van der Waals surface area contributed by atoms with E-state index in [0.717, 1.165) is 50.5 Å². The third kappa shape index (κ3) is 5.39. The van der Waals surface area contributed by atoms with Crippen LogP contribution in [0.5, 0.6) is 0 Å². The minimum atomic E-state index is 0.806. The minimum Gasteiger partial charge on any atom is -0.344 e. The molecule has 1 N–H and O–H groups in total. The van der Waals surface area contributed by atoms with E-state index in [0.29, 0.717) is 0 Å². The van der Waals surface area contributed by atoms with E-state index >= 15 is 0 Å². The molecule has 1 heterocycles. The molecule has 0 aliphatic rings. The van der Waals surface area contributed by atoms with Gasteiger partial charge in [0.1, 0.15) is 0 Å². The molecule has 0 fully saturated rings. The smallest absolute Gasteiger partial charge is 0.225 e. The Morgan fingerprint density at radius 3 is 2.89 bits per heavy atom. The van der Waals surface area contributed by atoms with Crippen LogP contribution in [-0.4, -0.2) is 30.1 Å². The minimum absolute atomic E-state index is 0.806. The number of aryl methyl sites for hydroxylation is 1. The van der Waals surface area contributed by atoms with Crippen molar-refractivity contribution >= 4 is 5.95 Å². The number of unbranched alkanes of at least 4 members (excludes halogenated alkanes) is 1. The lowest BCUT2D eigenvalue weighted by Crippen LogP contribution is -2.22. The summed E-state index contributed by atoms with van der Waals surface area (Å²) in [6.07, 6.45) is 7.14. The molecule has 0 bridgehead atoms. The van der Waals surface area contributed by atoms with Crippen molar-refractivity contribution in [1.29, 1.82) is 0 Å². The zero-order valence-electron chi connectivity index (χ0n) is 12.4. The Bertz CT molecular complexity index is 390. The zero-order valence-corrected chi connectivity index (χ0v) is 12.4. The van der Waals surface area contributed by atoms with Gasteiger partial charge in [0.05, 0.1) is 0 Å². The molecule has 0 radical (unpaired) electrons. The first-order chi connectivity index (χ1) is 9.19. The number of rotatable bonds is 9. The Morgan fingerprint density at radius 1 is 1.47 bits per heavy atom. The average molecular weight is 262 g/mol. The van der Waals surface area contributed by atoms with E-state index in [1.165, 1.54) is 5.56 Å². The fourth-order valence-electron chi connectivity index (χ4n) is 1.81. The van der Waals surface area contributed by atoms with E-state index < -0.39 is 0 Å². The van der Waals surface area contributed by atoms with Crippen LogP contribution >= 0.6 is 0 Å². The summed E-state index contributed by atoms with van der Waals surface area (Å²) >= 11 is 0. The predicted molar refractivity (Wildman–Crippen MR) is 81.5 cm³/mol. The maximum absolute atomic E-state index is 4.58. The van der Waals surface area contributed by atoms with Crippen LogP contribution in [0.3, 0.4) is 0 Å². The van der Waals surface area contributed by atoms with Crippen LogP contribution in [0.25, 0.3) is 0 Å². The first-order valence-corrected chi connectivity index (χ1v) is 7.04. The van der Waals surface area contributed by atoms with Crippen molar-refractivity contribution in [2.75, 3.05) is 25.0 Å². The fourth-order valence-corrected chi connectivity index (χ4v) is 1.81. The van der Waals surface area contributed by atoms with Crippen LogP contribution in [0.15, 0.2) is 18.9 Å². The topological polar surface area (TPSA) is 41.1 Å². The van der Waals surface area contributed by atoms with E-state index in [1.54, 1.807) is 0 Å². The van der Waals surface area contributed by atoms with Gasteiger partial charge in [-0.25, -0.2) is 9.97 Å². The van der Waals surface area contributed by atoms with Crippen LogP contribution in [0.4, 0.5) is 5.95 Å². The van der Waals surface area contributed by atoms with Gasteiger partial charge in [-0.2, -0.15) is 0 Å². The van der Waals surface area contributed by atoms with Gasteiger partial charge >= 0.3 is 0 Å². The molecule has 1 rings (SSSR count). The van der Waals surface area contributed by atoms with Gasteiger partial charge in [0, 0.05) is 37.6 Å². The highest BCUT2D eigenvalue weighted by Crippen LogP contribution is 2.10. The van der Waals surface area contributed by atoms with Crippen LogP contribution in [-0.2, 0) is 6.54 Å². The molecule has 0 unspecified atom stereocenters. The van der Waals surface area contributed by atoms with Gasteiger partial charge in [-0.1, -0.05) is 13.0 Å². The summed E-state index contributed by atoms with van der Waals surface area (Å²) in [5, 5.41) is 3.38. The third-order valence-corrected chi connectivity index (χ3v) is 3.05. The maximum atomic E-state index is 4.58. The molecule has 19 heavy (non-hydrogen) atoms. The average Bonchev–Trinajstić information content (AvgIpc) is 2.41. The molecule has 4 nitrogen and oxygen atoms in total. The number of allylic oxidation sites excluding steroid dienone is 1. The summed E-state index contributed by atoms with van der Waals surface area (Å²) < 4.78 is 0. The van der Waals surface area contributed by atoms with Crippen molar-refractivity contribution in [1.82, 2.24) is 15.3 Å². The predicted octanol–water partition coefficient (Wildman–Crippen LogP) is 2.69. The molecule has 4 heteroatoms. The molecular weight excluding hydrogens is 236 g/mol. The lowest BCUT2D eigenvalue weighted by molar-refractivity contribution is 0.667. The highest BCUT2D eigenvalue weighted by Gasteiger charge is 2.06. The summed E-state index contributed by atoms with van der Waals surface area (Å²) in [6.45, 7) is 10.8. The first-order valence-electron chi connectivity index (χ1n) is 7.04. The van der Waals surface area contributed by atoms with Crippen molar-refractivity contribution in [3.63, 3.8) is 0 Å². The summed E-state index contributed by atoms with van der Waals surface area (Å²) in [5.74, 6) is 0.806. The second-order valence-corrected chi connectivity index (χ2v) is 4.81. The molecule has 106 valence electrons. The quantitative estimate of drug-likeness (QED) is 0.549. The Labute approximate surface area is 117 Å². The van der Waals surface area contributed by atoms with Crippen LogP contribution in [0.1, 0.15) is 37.4 Å². The van der Waals surface area contributed by atoms with E-state index in [1.807, 2.05) is 26.2 Å². The molecular formula is C15H26N4. The summed E-state index contributed by atoms with van der Waals surface area (Å²) in [6, 6.07) is 0. The van der Waals surface area contributed by atoms with Crippen molar-refractivity contribution in [2.24, 2.45) is 0 Å². The van der Waals surface area contributed by atoms with Crippen molar-refractivity contribution in [2.45, 2.75) is 39.7 Å². The van der Waals surface area contributed by atoms with Gasteiger partial charge in [0.15, 0.2) is 0 Å². The van der Waals surface area contributed by atoms with Crippen LogP contribution in [0.2, 0.25) is 0 Å². The lowest BCUT2D eigenvalue weighted by atomic mass is 10.2. The SMILES string of the molecule is C=CCCCN(C)c1ncc(CNCCC)c(C)n1. The van der Waals surface area contributed by atoms with Crippen LogP contribution < -0.4 is 10.2 Å². The van der Waals surface area contributed by atoms with E-state index in [4.69, 9.17) is 0 Å². The molecule has 0 spiro atoms. The largest absolute Gasteiger partial charge is 0.344 e. The van der Waals surface area contributed by atoms with Gasteiger partial charge in [-0.15, -0.1) is 6.58 Å². The molecule has 0 amide bonds. The molecule has 0 aliphatic carbocycles. The normalized spacial score (nSPS) is 10.5. The fraction of sp³-hybridized carbons (Fsp3) is 0.600. The van der Waals surface area contributed by atoms with Crippen molar-refractivity contribution < 1.29 is 0 Å². The lowest BCUT2D eigenvalue weighted by Gasteiger charge is -2.17. The standard InChI is InChI=1S/C15H26N4/c1-5-7-8-10-19(4)15-17-12-14(13(3)18-15)11-16-9-6-2/h5,12,16H,1,6-11H2,2-4H3. The molecule has 0 aromatic carbocycles. The highest BCUT2D eigenvalue weighted by molar-refractivity contribution is 5.31. The third-order valence-electron chi connectivity index (χ3n) is 3.05. The zero-order chi connectivity index (χ0) is 14.1. The molecule has 1 aromatic heterocycles. The van der Waals surface area contributed by atoms with Gasteiger partial charge in [0.25, 0.3) is 0 Å². The number of hydrogen-bond donors (Lipinski definition) is 1. The van der Waals surface area contributed by atoms with Crippen LogP contribution in [0, 0.1) is 6.92 Å². The highest BCUT2D eigenvalue weighted by atomic mass is 15.2. The monoisotopic (exact) mass is 262 g/mol. The Kier molecular flexibility index (Phi) is 7.11. The molecule has 0 aliphatic heterocycles. The van der Waals surface area contributed by atoms with E-state index in [2.05, 4.69) is 33.7 Å². The van der Waals surface area contributed by atoms with Gasteiger partial charge in [0.2, 0.25) is 5.95 Å². The summed E-state index contributed by atoms with van der Waals surface area (Å²) in [4.78, 5) is 11.1. The molecule has 0 saturated carbocycles. The Hall–Kier alpha value is -1.42. The Balaban J connectivity index is 2.57. The number of nitrogens with one attached hydrogen (secondary N) is 1. The number of anilines is 1. The van der Waals surface area contributed by atoms with Gasteiger partial charge in [-0.3, -0.25) is 0 Å². The van der Waals surface area contributed by atoms with E-state index in [9.17, 15) is 0 Å². The van der Waals surface area contributed by atoms with Gasteiger partial charge < -0.3 is 10.2 Å². The second kappa shape index (κ2) is 8.64. The second-order valence-electron chi connectivity index (χ2n) is 4.81. The molecule has 0 saturated heterocycles. The van der Waals surface area contributed by atoms with Crippen molar-refractivity contribution in [3.8, 4) is 0 Å². The van der Waals surface area contributed by atoms with Gasteiger partial charge in [-0.05, 0) is 32.7 Å². The first kappa shape index (κ1) is 15.6. The maximum Gasteiger partial charge on any atom is 0.225 e. The number of aromatic nitrogens is 2. The number of hydrogen-bond acceptors (Lipinski definition) is 4. The summed E-state index contributed by atoms with van der Waals surface area (Å²) in [5.41, 5.74) is 2.24. The Morgan fingerprint density at radius 2 is 2.26 bits per heavy atom. The molecule has 1 aromatic rings. The van der Waals surface area contributed by atoms with Crippen molar-refractivity contribution in [3.05, 3.63) is 30.1 Å².